The van der Waals surface area contributed by atoms with Crippen LogP contribution in [0.4, 0.5) is 5.69 Å². The fourth-order valence-electron chi connectivity index (χ4n) is 2.73. The Balaban J connectivity index is 1.79. The molecule has 2 amide bonds. The van der Waals surface area contributed by atoms with Crippen molar-refractivity contribution in [1.82, 2.24) is 5.32 Å². The largest absolute Gasteiger partial charge is 0.490 e. The second-order valence-electron chi connectivity index (χ2n) is 6.68. The van der Waals surface area contributed by atoms with Crippen molar-refractivity contribution < 1.29 is 28.6 Å². The van der Waals surface area contributed by atoms with Crippen LogP contribution in [0.1, 0.15) is 37.6 Å². The summed E-state index contributed by atoms with van der Waals surface area (Å²) in [6, 6.07) is 13.3. The Hall–Kier alpha value is -3.55. The van der Waals surface area contributed by atoms with Crippen LogP contribution < -0.4 is 20.1 Å². The molecule has 0 aliphatic rings. The molecule has 0 spiro atoms. The lowest BCUT2D eigenvalue weighted by molar-refractivity contribution is -0.147. The molecule has 2 rings (SSSR count). The third-order valence-corrected chi connectivity index (χ3v) is 4.08. The molecule has 166 valence electrons. The van der Waals surface area contributed by atoms with E-state index >= 15 is 0 Å². The average molecular weight is 428 g/mol. The first-order valence-corrected chi connectivity index (χ1v) is 10.1. The Morgan fingerprint density at radius 3 is 2.29 bits per heavy atom. The smallest absolute Gasteiger partial charge is 0.308 e. The summed E-state index contributed by atoms with van der Waals surface area (Å²) in [5, 5.41) is 5.37. The third kappa shape index (κ3) is 8.00. The SMILES string of the molecule is CCOc1ccc(NC(=O)COC(=O)CC(C)NC(=O)c2ccccc2)cc1OCC. The quantitative estimate of drug-likeness (QED) is 0.533. The van der Waals surface area contributed by atoms with E-state index in [1.807, 2.05) is 19.9 Å². The summed E-state index contributed by atoms with van der Waals surface area (Å²) in [6.07, 6.45) is -0.0522. The number of ether oxygens (including phenoxy) is 3. The van der Waals surface area contributed by atoms with Gasteiger partial charge in [0, 0.05) is 23.4 Å². The Kier molecular flexibility index (Phi) is 9.35. The van der Waals surface area contributed by atoms with E-state index in [2.05, 4.69) is 10.6 Å². The molecule has 0 radical (unpaired) electrons. The van der Waals surface area contributed by atoms with Gasteiger partial charge >= 0.3 is 5.97 Å². The zero-order valence-corrected chi connectivity index (χ0v) is 18.0. The van der Waals surface area contributed by atoms with Crippen molar-refractivity contribution in [2.45, 2.75) is 33.2 Å². The molecule has 2 N–H and O–H groups in total. The maximum absolute atomic E-state index is 12.1. The van der Waals surface area contributed by atoms with Crippen LogP contribution in [-0.4, -0.2) is 43.6 Å². The van der Waals surface area contributed by atoms with Crippen LogP contribution in [0.5, 0.6) is 11.5 Å². The highest BCUT2D eigenvalue weighted by Crippen LogP contribution is 2.30. The number of hydrogen-bond acceptors (Lipinski definition) is 6. The number of esters is 1. The third-order valence-electron chi connectivity index (χ3n) is 4.08. The minimum atomic E-state index is -0.585. The van der Waals surface area contributed by atoms with Gasteiger partial charge in [0.25, 0.3) is 11.8 Å². The number of rotatable bonds is 11. The molecule has 1 unspecified atom stereocenters. The molecular weight excluding hydrogens is 400 g/mol. The predicted octanol–water partition coefficient (Wildman–Crippen LogP) is 3.17. The van der Waals surface area contributed by atoms with Crippen LogP contribution in [0.2, 0.25) is 0 Å². The van der Waals surface area contributed by atoms with Crippen molar-refractivity contribution in [3.8, 4) is 11.5 Å². The van der Waals surface area contributed by atoms with E-state index in [9.17, 15) is 14.4 Å². The van der Waals surface area contributed by atoms with Crippen LogP contribution in [-0.2, 0) is 14.3 Å². The van der Waals surface area contributed by atoms with E-state index in [1.165, 1.54) is 0 Å². The predicted molar refractivity (Wildman–Crippen MR) is 116 cm³/mol. The molecule has 0 bridgehead atoms. The number of benzene rings is 2. The lowest BCUT2D eigenvalue weighted by atomic mass is 10.2. The molecule has 31 heavy (non-hydrogen) atoms. The van der Waals surface area contributed by atoms with Gasteiger partial charge in [-0.3, -0.25) is 14.4 Å². The van der Waals surface area contributed by atoms with Gasteiger partial charge in [0.15, 0.2) is 18.1 Å². The highest BCUT2D eigenvalue weighted by Gasteiger charge is 2.16. The number of carbonyl (C=O) groups excluding carboxylic acids is 3. The number of nitrogens with one attached hydrogen (secondary N) is 2. The van der Waals surface area contributed by atoms with Crippen molar-refractivity contribution in [2.75, 3.05) is 25.1 Å². The first-order valence-electron chi connectivity index (χ1n) is 10.1. The number of hydrogen-bond donors (Lipinski definition) is 2. The molecule has 8 heteroatoms. The summed E-state index contributed by atoms with van der Waals surface area (Å²) in [5.74, 6) is -0.250. The van der Waals surface area contributed by atoms with Crippen LogP contribution in [0.25, 0.3) is 0 Å². The number of amides is 2. The van der Waals surface area contributed by atoms with E-state index in [0.29, 0.717) is 36.0 Å². The van der Waals surface area contributed by atoms with Crippen molar-refractivity contribution in [1.29, 1.82) is 0 Å². The summed E-state index contributed by atoms with van der Waals surface area (Å²) in [6.45, 7) is 5.92. The fraction of sp³-hybridized carbons (Fsp3) is 0.348. The molecule has 0 heterocycles. The van der Waals surface area contributed by atoms with E-state index < -0.39 is 24.5 Å². The van der Waals surface area contributed by atoms with Crippen molar-refractivity contribution >= 4 is 23.5 Å². The number of anilines is 1. The maximum Gasteiger partial charge on any atom is 0.308 e. The van der Waals surface area contributed by atoms with E-state index in [1.54, 1.807) is 49.4 Å². The van der Waals surface area contributed by atoms with E-state index in [0.717, 1.165) is 0 Å². The Morgan fingerprint density at radius 2 is 1.61 bits per heavy atom. The normalized spacial score (nSPS) is 11.2. The fourth-order valence-corrected chi connectivity index (χ4v) is 2.73. The molecule has 0 aliphatic carbocycles. The standard InChI is InChI=1S/C23H28N2O6/c1-4-29-19-12-11-18(14-20(19)30-5-2)25-21(26)15-31-22(27)13-16(3)24-23(28)17-9-7-6-8-10-17/h6-12,14,16H,4-5,13,15H2,1-3H3,(H,24,28)(H,25,26). The van der Waals surface area contributed by atoms with E-state index in [4.69, 9.17) is 14.2 Å². The molecule has 0 saturated heterocycles. The second-order valence-corrected chi connectivity index (χ2v) is 6.68. The molecule has 8 nitrogen and oxygen atoms in total. The van der Waals surface area contributed by atoms with Gasteiger partial charge < -0.3 is 24.8 Å². The summed E-state index contributed by atoms with van der Waals surface area (Å²) in [5.41, 5.74) is 1.00. The average Bonchev–Trinajstić information content (AvgIpc) is 2.75. The van der Waals surface area contributed by atoms with Crippen LogP contribution in [0.3, 0.4) is 0 Å². The molecule has 1 atom stereocenters. The molecule has 2 aromatic rings. The molecule has 0 fully saturated rings. The topological polar surface area (TPSA) is 103 Å². The lowest BCUT2D eigenvalue weighted by Crippen LogP contribution is -2.35. The van der Waals surface area contributed by atoms with Gasteiger partial charge in [-0.2, -0.15) is 0 Å². The molecule has 2 aromatic carbocycles. The highest BCUT2D eigenvalue weighted by molar-refractivity contribution is 5.95. The van der Waals surface area contributed by atoms with Gasteiger partial charge in [0.1, 0.15) is 0 Å². The summed E-state index contributed by atoms with van der Waals surface area (Å²) in [4.78, 5) is 36.2. The Labute approximate surface area is 181 Å². The summed E-state index contributed by atoms with van der Waals surface area (Å²) in [7, 11) is 0. The van der Waals surface area contributed by atoms with Gasteiger partial charge in [-0.25, -0.2) is 0 Å². The van der Waals surface area contributed by atoms with Crippen molar-refractivity contribution in [2.24, 2.45) is 0 Å². The zero-order chi connectivity index (χ0) is 22.6. The van der Waals surface area contributed by atoms with Crippen molar-refractivity contribution in [3.63, 3.8) is 0 Å². The van der Waals surface area contributed by atoms with Gasteiger partial charge in [-0.15, -0.1) is 0 Å². The highest BCUT2D eigenvalue weighted by atomic mass is 16.5. The number of carbonyl (C=O) groups is 3. The summed E-state index contributed by atoms with van der Waals surface area (Å²) >= 11 is 0. The van der Waals surface area contributed by atoms with Crippen LogP contribution in [0, 0.1) is 0 Å². The zero-order valence-electron chi connectivity index (χ0n) is 18.0. The molecule has 0 saturated carbocycles. The molecular formula is C23H28N2O6. The first kappa shape index (κ1) is 23.7. The second kappa shape index (κ2) is 12.2. The van der Waals surface area contributed by atoms with Gasteiger partial charge in [0.05, 0.1) is 19.6 Å². The van der Waals surface area contributed by atoms with Crippen LogP contribution in [0.15, 0.2) is 48.5 Å². The molecule has 0 aliphatic heterocycles. The lowest BCUT2D eigenvalue weighted by Gasteiger charge is -2.14. The van der Waals surface area contributed by atoms with Gasteiger partial charge in [-0.05, 0) is 45.0 Å². The monoisotopic (exact) mass is 428 g/mol. The van der Waals surface area contributed by atoms with Crippen molar-refractivity contribution in [3.05, 3.63) is 54.1 Å². The first-order chi connectivity index (χ1) is 14.9. The minimum Gasteiger partial charge on any atom is -0.490 e. The van der Waals surface area contributed by atoms with Crippen LogP contribution >= 0.6 is 0 Å². The summed E-state index contributed by atoms with van der Waals surface area (Å²) < 4.78 is 16.0. The van der Waals surface area contributed by atoms with Gasteiger partial charge in [0.2, 0.25) is 0 Å². The maximum atomic E-state index is 12.1. The Morgan fingerprint density at radius 1 is 0.935 bits per heavy atom. The van der Waals surface area contributed by atoms with E-state index in [-0.39, 0.29) is 12.3 Å². The molecule has 0 aromatic heterocycles. The van der Waals surface area contributed by atoms with Gasteiger partial charge in [-0.1, -0.05) is 18.2 Å². The Bertz CT molecular complexity index is 885. The minimum absolute atomic E-state index is 0.0522.